The fourth-order valence-corrected chi connectivity index (χ4v) is 1.93. The van der Waals surface area contributed by atoms with E-state index < -0.39 is 10.4 Å². The third-order valence-corrected chi connectivity index (χ3v) is 3.66. The van der Waals surface area contributed by atoms with Crippen LogP contribution in [0.5, 0.6) is 0 Å². The summed E-state index contributed by atoms with van der Waals surface area (Å²) in [6.45, 7) is 13.7. The molecule has 2 aromatic heterocycles. The molecule has 0 aliphatic heterocycles. The van der Waals surface area contributed by atoms with Crippen LogP contribution in [0.1, 0.15) is 25.2 Å². The van der Waals surface area contributed by atoms with Crippen LogP contribution in [0.15, 0.2) is 61.9 Å². The summed E-state index contributed by atoms with van der Waals surface area (Å²) in [5, 5.41) is 0. The molecule has 0 atom stereocenters. The molecule has 0 saturated heterocycles. The van der Waals surface area contributed by atoms with Crippen LogP contribution in [0, 0.1) is 0 Å². The highest BCUT2D eigenvalue weighted by Gasteiger charge is 2.00. The van der Waals surface area contributed by atoms with Crippen LogP contribution < -0.4 is 26.1 Å². The van der Waals surface area contributed by atoms with E-state index in [-0.39, 0.29) is 17.0 Å². The molecule has 0 aliphatic rings. The fourth-order valence-electron chi connectivity index (χ4n) is 1.93. The van der Waals surface area contributed by atoms with Crippen molar-refractivity contribution in [3.8, 4) is 0 Å². The maximum atomic E-state index is 9.22. The number of rotatable bonds is 5. The van der Waals surface area contributed by atoms with Gasteiger partial charge in [0, 0.05) is 36.4 Å². The largest absolute Gasteiger partial charge is 1.00 e. The molecule has 0 aliphatic carbocycles. The summed E-state index contributed by atoms with van der Waals surface area (Å²) in [4.78, 5) is 0. The van der Waals surface area contributed by atoms with E-state index in [9.17, 15) is 13.0 Å². The smallest absolute Gasteiger partial charge is 0.217 e. The highest BCUT2D eigenvalue weighted by Crippen LogP contribution is 1.92. The SMILES string of the molecule is C=Cc1cccc[n+]1CC.C=Cc1cccc[n+]1CC.COS(=O)(=O)[O-].[Br-]. The molecule has 2 aromatic rings. The van der Waals surface area contributed by atoms with Crippen molar-refractivity contribution in [1.82, 2.24) is 0 Å². The average molecular weight is 459 g/mol. The zero-order valence-electron chi connectivity index (χ0n) is 15.9. The van der Waals surface area contributed by atoms with Crippen LogP contribution in [0.2, 0.25) is 0 Å². The van der Waals surface area contributed by atoms with Gasteiger partial charge in [-0.1, -0.05) is 13.2 Å². The van der Waals surface area contributed by atoms with Gasteiger partial charge in [0.25, 0.3) is 0 Å². The first-order valence-corrected chi connectivity index (χ1v) is 9.39. The van der Waals surface area contributed by atoms with E-state index in [1.807, 2.05) is 36.4 Å². The van der Waals surface area contributed by atoms with Crippen LogP contribution in [-0.4, -0.2) is 20.1 Å². The van der Waals surface area contributed by atoms with Crippen molar-refractivity contribution < 1.29 is 43.3 Å². The van der Waals surface area contributed by atoms with E-state index in [0.29, 0.717) is 0 Å². The van der Waals surface area contributed by atoms with Crippen LogP contribution in [0.25, 0.3) is 12.2 Å². The Morgan fingerprint density at radius 3 is 1.48 bits per heavy atom. The van der Waals surface area contributed by atoms with Crippen LogP contribution in [0.3, 0.4) is 0 Å². The summed E-state index contributed by atoms with van der Waals surface area (Å²) < 4.78 is 35.3. The Morgan fingerprint density at radius 1 is 0.963 bits per heavy atom. The molecule has 0 bridgehead atoms. The summed E-state index contributed by atoms with van der Waals surface area (Å²) in [7, 11) is -3.60. The van der Waals surface area contributed by atoms with Crippen molar-refractivity contribution in [2.75, 3.05) is 7.11 Å². The lowest BCUT2D eigenvalue weighted by atomic mass is 10.3. The molecule has 8 heteroatoms. The van der Waals surface area contributed by atoms with Crippen molar-refractivity contribution in [1.29, 1.82) is 0 Å². The molecule has 0 aromatic carbocycles. The topological polar surface area (TPSA) is 74.2 Å². The molecule has 0 N–H and O–H groups in total. The van der Waals surface area contributed by atoms with Gasteiger partial charge in [-0.2, -0.15) is 9.13 Å². The molecule has 0 amide bonds. The van der Waals surface area contributed by atoms with Crippen molar-refractivity contribution in [3.05, 3.63) is 73.3 Å². The Bertz CT molecular complexity index is 744. The Labute approximate surface area is 173 Å². The molecule has 150 valence electrons. The zero-order chi connectivity index (χ0) is 20.0. The highest BCUT2D eigenvalue weighted by molar-refractivity contribution is 7.80. The third kappa shape index (κ3) is 12.2. The highest BCUT2D eigenvalue weighted by atomic mass is 79.9. The Morgan fingerprint density at radius 2 is 1.30 bits per heavy atom. The van der Waals surface area contributed by atoms with Gasteiger partial charge < -0.3 is 21.5 Å². The fraction of sp³-hybridized carbons (Fsp3) is 0.263. The minimum Gasteiger partial charge on any atom is -1.00 e. The van der Waals surface area contributed by atoms with Gasteiger partial charge in [0.05, 0.1) is 7.11 Å². The molecule has 2 rings (SSSR count). The number of aromatic nitrogens is 2. The van der Waals surface area contributed by atoms with Gasteiger partial charge in [-0.05, 0) is 26.0 Å². The molecular weight excluding hydrogens is 432 g/mol. The third-order valence-electron chi connectivity index (χ3n) is 3.26. The summed E-state index contributed by atoms with van der Waals surface area (Å²) in [6.07, 6.45) is 7.83. The number of aryl methyl sites for hydroxylation is 2. The lowest BCUT2D eigenvalue weighted by Crippen LogP contribution is -3.00. The van der Waals surface area contributed by atoms with Gasteiger partial charge in [0.15, 0.2) is 12.4 Å². The van der Waals surface area contributed by atoms with Gasteiger partial charge in [-0.3, -0.25) is 4.18 Å². The van der Waals surface area contributed by atoms with E-state index in [1.165, 1.54) is 11.4 Å². The van der Waals surface area contributed by atoms with Crippen molar-refractivity contribution in [3.63, 3.8) is 0 Å². The molecule has 0 radical (unpaired) electrons. The molecule has 0 unspecified atom stereocenters. The van der Waals surface area contributed by atoms with Gasteiger partial charge in [-0.25, -0.2) is 8.42 Å². The normalized spacial score (nSPS) is 9.48. The Balaban J connectivity index is 0. The monoisotopic (exact) mass is 458 g/mol. The van der Waals surface area contributed by atoms with Gasteiger partial charge in [-0.15, -0.1) is 0 Å². The molecular formula is C19H27BrN2O4S. The first-order chi connectivity index (χ1) is 12.3. The first-order valence-electron chi connectivity index (χ1n) is 8.06. The quantitative estimate of drug-likeness (QED) is 0.339. The van der Waals surface area contributed by atoms with Crippen molar-refractivity contribution in [2.24, 2.45) is 0 Å². The molecule has 0 saturated carbocycles. The lowest BCUT2D eigenvalue weighted by Gasteiger charge is -1.98. The minimum absolute atomic E-state index is 0. The van der Waals surface area contributed by atoms with Crippen molar-refractivity contribution in [2.45, 2.75) is 26.9 Å². The van der Waals surface area contributed by atoms with E-state index in [4.69, 9.17) is 0 Å². The second kappa shape index (κ2) is 15.2. The number of halogens is 1. The van der Waals surface area contributed by atoms with Crippen LogP contribution in [-0.2, 0) is 27.7 Å². The summed E-state index contributed by atoms with van der Waals surface area (Å²) in [5.74, 6) is 0. The van der Waals surface area contributed by atoms with Gasteiger partial charge in [0.2, 0.25) is 21.8 Å². The van der Waals surface area contributed by atoms with E-state index in [0.717, 1.165) is 20.2 Å². The summed E-state index contributed by atoms with van der Waals surface area (Å²) >= 11 is 0. The predicted molar refractivity (Wildman–Crippen MR) is 102 cm³/mol. The first kappa shape index (κ1) is 27.3. The summed E-state index contributed by atoms with van der Waals surface area (Å²) in [6, 6.07) is 12.2. The molecule has 0 fully saturated rings. The molecule has 6 nitrogen and oxygen atoms in total. The summed E-state index contributed by atoms with van der Waals surface area (Å²) in [5.41, 5.74) is 2.34. The molecule has 2 heterocycles. The number of hydrogen-bond acceptors (Lipinski definition) is 4. The van der Waals surface area contributed by atoms with Crippen LogP contribution in [0.4, 0.5) is 0 Å². The van der Waals surface area contributed by atoms with Gasteiger partial charge >= 0.3 is 0 Å². The predicted octanol–water partition coefficient (Wildman–Crippen LogP) is -0.629. The van der Waals surface area contributed by atoms with E-state index >= 15 is 0 Å². The lowest BCUT2D eigenvalue weighted by molar-refractivity contribution is -0.695. The average Bonchev–Trinajstić information content (AvgIpc) is 2.68. The number of pyridine rings is 2. The van der Waals surface area contributed by atoms with Crippen LogP contribution >= 0.6 is 0 Å². The minimum atomic E-state index is -4.41. The van der Waals surface area contributed by atoms with E-state index in [1.54, 1.807) is 0 Å². The number of nitrogens with zero attached hydrogens (tertiary/aromatic N) is 2. The Hall–Kier alpha value is -1.87. The molecule has 0 spiro atoms. The molecule has 27 heavy (non-hydrogen) atoms. The number of hydrogen-bond donors (Lipinski definition) is 0. The van der Waals surface area contributed by atoms with Gasteiger partial charge in [0.1, 0.15) is 13.1 Å². The van der Waals surface area contributed by atoms with Crippen molar-refractivity contribution >= 4 is 22.6 Å². The second-order valence-corrected chi connectivity index (χ2v) is 5.96. The zero-order valence-corrected chi connectivity index (χ0v) is 18.3. The standard InChI is InChI=1S/2C9H12N.CH4O4S.BrH/c2*1-3-9-7-5-6-8-10(9)4-2;1-5-6(2,3)4;/h2*3,5-8H,1,4H2,2H3;1H3,(H,2,3,4);1H/q2*+1;;/p-2. The maximum Gasteiger partial charge on any atom is 0.217 e. The Kier molecular flexibility index (Phi) is 15.4. The second-order valence-electron chi connectivity index (χ2n) is 4.81. The maximum absolute atomic E-state index is 9.22. The van der Waals surface area contributed by atoms with E-state index in [2.05, 4.69) is 64.8 Å².